The van der Waals surface area contributed by atoms with Gasteiger partial charge < -0.3 is 24.2 Å². The van der Waals surface area contributed by atoms with Gasteiger partial charge in [0.15, 0.2) is 11.6 Å². The van der Waals surface area contributed by atoms with Gasteiger partial charge in [-0.1, -0.05) is 30.3 Å². The summed E-state index contributed by atoms with van der Waals surface area (Å²) < 4.78 is 10.8. The van der Waals surface area contributed by atoms with E-state index >= 15 is 0 Å². The van der Waals surface area contributed by atoms with Crippen LogP contribution in [0.2, 0.25) is 0 Å². The number of aromatic hydroxyl groups is 1. The van der Waals surface area contributed by atoms with Gasteiger partial charge in [0.25, 0.3) is 0 Å². The molecule has 3 N–H and O–H groups in total. The highest BCUT2D eigenvalue weighted by Crippen LogP contribution is 2.36. The molecule has 8 nitrogen and oxygen atoms in total. The van der Waals surface area contributed by atoms with Gasteiger partial charge in [0.05, 0.1) is 6.33 Å². The minimum Gasteiger partial charge on any atom is -0.501 e. The maximum Gasteiger partial charge on any atom is 0.227 e. The number of methoxy groups -OCH3 is 1. The smallest absolute Gasteiger partial charge is 0.227 e. The Morgan fingerprint density at radius 2 is 2.00 bits per heavy atom. The van der Waals surface area contributed by atoms with Gasteiger partial charge in [0.2, 0.25) is 11.2 Å². The van der Waals surface area contributed by atoms with Crippen LogP contribution >= 0.6 is 0 Å². The van der Waals surface area contributed by atoms with E-state index in [1.807, 2.05) is 37.3 Å². The van der Waals surface area contributed by atoms with Crippen molar-refractivity contribution < 1.29 is 14.3 Å². The molecule has 3 aromatic heterocycles. The van der Waals surface area contributed by atoms with E-state index in [1.54, 1.807) is 6.33 Å². The summed E-state index contributed by atoms with van der Waals surface area (Å²) in [6.07, 6.45) is 1.58. The quantitative estimate of drug-likeness (QED) is 0.491. The Kier molecular flexibility index (Phi) is 4.54. The van der Waals surface area contributed by atoms with Crippen LogP contribution in [0.3, 0.4) is 0 Å². The van der Waals surface area contributed by atoms with Crippen molar-refractivity contribution in [1.82, 2.24) is 19.9 Å². The second kappa shape index (κ2) is 7.16. The zero-order valence-electron chi connectivity index (χ0n) is 15.3. The van der Waals surface area contributed by atoms with Gasteiger partial charge >= 0.3 is 0 Å². The monoisotopic (exact) mass is 378 g/mol. The topological polar surface area (TPSA) is 117 Å². The molecule has 0 radical (unpaired) electrons. The number of hydrogen-bond donors (Lipinski definition) is 3. The Morgan fingerprint density at radius 3 is 2.68 bits per heavy atom. The number of ether oxygens (including phenoxy) is 1. The molecule has 3 heterocycles. The molecule has 4 aromatic rings. The number of nitrogens with one attached hydrogen (secondary N) is 2. The van der Waals surface area contributed by atoms with Gasteiger partial charge in [-0.3, -0.25) is 4.79 Å². The number of aromatic nitrogens is 4. The molecule has 142 valence electrons. The van der Waals surface area contributed by atoms with Crippen LogP contribution in [-0.2, 0) is 11.3 Å². The Labute approximate surface area is 159 Å². The zero-order chi connectivity index (χ0) is 19.7. The number of aryl methyl sites for hydroxylation is 1. The van der Waals surface area contributed by atoms with E-state index in [0.29, 0.717) is 28.7 Å². The van der Waals surface area contributed by atoms with Gasteiger partial charge in [0, 0.05) is 24.4 Å². The summed E-state index contributed by atoms with van der Waals surface area (Å²) in [5.41, 5.74) is 2.63. The number of hydrogen-bond acceptors (Lipinski definition) is 6. The first-order chi connectivity index (χ1) is 13.6. The average molecular weight is 378 g/mol. The zero-order valence-corrected chi connectivity index (χ0v) is 15.3. The largest absolute Gasteiger partial charge is 0.501 e. The molecule has 0 saturated heterocycles. The Bertz CT molecular complexity index is 1170. The first-order valence-electron chi connectivity index (χ1n) is 8.59. The number of nitrogens with zero attached hydrogens (tertiary/aromatic N) is 2. The van der Waals surface area contributed by atoms with Crippen LogP contribution in [0, 0.1) is 6.92 Å². The second-order valence-corrected chi connectivity index (χ2v) is 6.24. The summed E-state index contributed by atoms with van der Waals surface area (Å²) in [5, 5.41) is 10.4. The first kappa shape index (κ1) is 17.7. The van der Waals surface area contributed by atoms with E-state index in [2.05, 4.69) is 19.9 Å². The van der Waals surface area contributed by atoms with Gasteiger partial charge in [-0.2, -0.15) is 0 Å². The van der Waals surface area contributed by atoms with E-state index in [4.69, 9.17) is 9.15 Å². The Hall–Kier alpha value is -3.65. The lowest BCUT2D eigenvalue weighted by Crippen LogP contribution is -2.04. The summed E-state index contributed by atoms with van der Waals surface area (Å²) in [5.74, 6) is 0.300. The summed E-state index contributed by atoms with van der Waals surface area (Å²) in [6.45, 7) is 1.98. The fourth-order valence-corrected chi connectivity index (χ4v) is 2.97. The fourth-order valence-electron chi connectivity index (χ4n) is 2.97. The van der Waals surface area contributed by atoms with Crippen LogP contribution in [-0.4, -0.2) is 32.2 Å². The van der Waals surface area contributed by atoms with Crippen molar-refractivity contribution in [2.75, 3.05) is 7.11 Å². The molecule has 0 aliphatic heterocycles. The van der Waals surface area contributed by atoms with E-state index in [9.17, 15) is 9.90 Å². The number of rotatable bonds is 5. The van der Waals surface area contributed by atoms with Gasteiger partial charge in [-0.25, -0.2) is 9.97 Å². The highest BCUT2D eigenvalue weighted by Gasteiger charge is 2.23. The first-order valence-corrected chi connectivity index (χ1v) is 8.59. The third kappa shape index (κ3) is 3.10. The highest BCUT2D eigenvalue weighted by atomic mass is 16.5. The molecule has 1 aromatic carbocycles. The second-order valence-electron chi connectivity index (χ2n) is 6.24. The molecule has 0 aliphatic carbocycles. The van der Waals surface area contributed by atoms with Gasteiger partial charge in [-0.05, 0) is 6.92 Å². The lowest BCUT2D eigenvalue weighted by molar-refractivity contribution is 0.162. The Balaban J connectivity index is 1.97. The van der Waals surface area contributed by atoms with Gasteiger partial charge in [-0.15, -0.1) is 0 Å². The Morgan fingerprint density at radius 1 is 1.21 bits per heavy atom. The number of aromatic amines is 2. The molecule has 8 heteroatoms. The van der Waals surface area contributed by atoms with Crippen molar-refractivity contribution in [1.29, 1.82) is 0 Å². The fraction of sp³-hybridized carbons (Fsp3) is 0.150. The van der Waals surface area contributed by atoms with Crippen molar-refractivity contribution in [3.8, 4) is 40.0 Å². The van der Waals surface area contributed by atoms with Crippen molar-refractivity contribution in [3.63, 3.8) is 0 Å². The van der Waals surface area contributed by atoms with Crippen molar-refractivity contribution in [2.24, 2.45) is 0 Å². The van der Waals surface area contributed by atoms with E-state index in [-0.39, 0.29) is 12.4 Å². The third-order valence-electron chi connectivity index (χ3n) is 4.29. The molecule has 0 bridgehead atoms. The number of H-pyrrole nitrogens is 2. The number of benzene rings is 1. The molecule has 0 atom stereocenters. The minimum absolute atomic E-state index is 0.00495. The van der Waals surface area contributed by atoms with Crippen LogP contribution in [0.4, 0.5) is 0 Å². The van der Waals surface area contributed by atoms with Crippen molar-refractivity contribution >= 4 is 0 Å². The van der Waals surface area contributed by atoms with Crippen LogP contribution in [0.15, 0.2) is 51.9 Å². The maximum atomic E-state index is 12.2. The predicted molar refractivity (Wildman–Crippen MR) is 103 cm³/mol. The van der Waals surface area contributed by atoms with Crippen LogP contribution in [0.5, 0.6) is 5.75 Å². The lowest BCUT2D eigenvalue weighted by atomic mass is 10.1. The van der Waals surface area contributed by atoms with Crippen LogP contribution in [0.25, 0.3) is 34.2 Å². The normalized spacial score (nSPS) is 11.1. The molecule has 0 amide bonds. The molecule has 0 fully saturated rings. The third-order valence-corrected chi connectivity index (χ3v) is 4.29. The van der Waals surface area contributed by atoms with Crippen molar-refractivity contribution in [2.45, 2.75) is 13.5 Å². The SMILES string of the molecule is COCc1cc(=O)c(O)c(-c2[nH]c(-c3nc[nH]c3C)nc2-c2ccccc2)o1. The molecular weight excluding hydrogens is 360 g/mol. The van der Waals surface area contributed by atoms with Crippen LogP contribution in [0.1, 0.15) is 11.5 Å². The summed E-state index contributed by atoms with van der Waals surface area (Å²) in [6, 6.07) is 10.6. The van der Waals surface area contributed by atoms with E-state index in [1.165, 1.54) is 13.2 Å². The molecule has 0 aliphatic rings. The molecule has 28 heavy (non-hydrogen) atoms. The summed E-state index contributed by atoms with van der Waals surface area (Å²) in [4.78, 5) is 27.3. The minimum atomic E-state index is -0.556. The molecule has 0 unspecified atom stereocenters. The van der Waals surface area contributed by atoms with Crippen LogP contribution < -0.4 is 5.43 Å². The highest BCUT2D eigenvalue weighted by molar-refractivity contribution is 5.80. The van der Waals surface area contributed by atoms with E-state index in [0.717, 1.165) is 11.3 Å². The van der Waals surface area contributed by atoms with Crippen molar-refractivity contribution in [3.05, 3.63) is 64.4 Å². The molecule has 0 saturated carbocycles. The standard InChI is InChI=1S/C20H18N4O4/c1-11-15(22-10-21-11)20-23-16(12-6-4-3-5-7-12)17(24-20)19-18(26)14(25)8-13(28-19)9-27-2/h3-8,10,26H,9H2,1-2H3,(H,21,22)(H,23,24). The molecule has 4 rings (SSSR count). The summed E-state index contributed by atoms with van der Waals surface area (Å²) in [7, 11) is 1.50. The van der Waals surface area contributed by atoms with E-state index < -0.39 is 11.2 Å². The summed E-state index contributed by atoms with van der Waals surface area (Å²) >= 11 is 0. The maximum absolute atomic E-state index is 12.2. The predicted octanol–water partition coefficient (Wildman–Crippen LogP) is 3.25. The molecule has 0 spiro atoms. The average Bonchev–Trinajstić information content (AvgIpc) is 3.31. The lowest BCUT2D eigenvalue weighted by Gasteiger charge is -2.07. The van der Waals surface area contributed by atoms with Gasteiger partial charge in [0.1, 0.15) is 29.4 Å². The molecular formula is C20H18N4O4. The number of imidazole rings is 2.